The number of aromatic nitrogens is 3. The number of fused-ring (bicyclic) bond motifs is 1. The van der Waals surface area contributed by atoms with Crippen LogP contribution in [0.3, 0.4) is 0 Å². The number of carbonyl (C=O) groups excluding carboxylic acids is 1. The molecule has 210 valence electrons. The first kappa shape index (κ1) is 31.5. The molecule has 3 rings (SSSR count). The number of unbranched alkanes of at least 4 members (excludes halogenated alkanes) is 3. The molecule has 0 radical (unpaired) electrons. The van der Waals surface area contributed by atoms with Gasteiger partial charge in [-0.25, -0.2) is 0 Å². The topological polar surface area (TPSA) is 56.5 Å². The Bertz CT molecular complexity index is 1160. The number of rotatable bonds is 15. The number of pyridine rings is 1. The van der Waals surface area contributed by atoms with Crippen LogP contribution in [0, 0.1) is 5.41 Å². The maximum absolute atomic E-state index is 13.8. The van der Waals surface area contributed by atoms with Crippen LogP contribution >= 0.6 is 11.3 Å². The van der Waals surface area contributed by atoms with Gasteiger partial charge in [0.1, 0.15) is 0 Å². The molecule has 0 aromatic carbocycles. The molecule has 0 saturated carbocycles. The van der Waals surface area contributed by atoms with Crippen LogP contribution in [-0.2, 0) is 4.43 Å². The molecular weight excluding hydrogens is 613 g/mol. The van der Waals surface area contributed by atoms with Crippen LogP contribution in [0.4, 0.5) is 0 Å². The standard InChI is InChI=1S/C18H22N3O2SSi.3C4H9.Sn/c1-18(2,3)16(23-25(4)5)13-8-12(9-19-10-13)15(22)14-17-21(11-20-14)6-7-24-17;3*1-3-4-2;/h6,8-11,16,25H,1-5H3;3*1,3-4H2,2H3;. The van der Waals surface area contributed by atoms with E-state index in [2.05, 4.69) is 75.2 Å². The molecule has 0 saturated heterocycles. The number of hydrogen-bond acceptors (Lipinski definition) is 5. The summed E-state index contributed by atoms with van der Waals surface area (Å²) < 4.78 is 14.4. The first-order valence-corrected chi connectivity index (χ1v) is 25.8. The Hall–Kier alpha value is -1.03. The first-order chi connectivity index (χ1) is 18.1. The number of nitrogens with zero attached hydrogens (tertiary/aromatic N) is 3. The molecular formula is C30H49N3O2SSiSn. The molecule has 0 aliphatic heterocycles. The Morgan fingerprint density at radius 3 is 2.18 bits per heavy atom. The summed E-state index contributed by atoms with van der Waals surface area (Å²) in [6.45, 7) is 17.9. The molecule has 1 unspecified atom stereocenters. The van der Waals surface area contributed by atoms with Crippen LogP contribution in [0.5, 0.6) is 0 Å². The van der Waals surface area contributed by atoms with Crippen LogP contribution in [0.25, 0.3) is 4.83 Å². The van der Waals surface area contributed by atoms with Gasteiger partial charge in [0.2, 0.25) is 0 Å². The molecule has 5 nitrogen and oxygen atoms in total. The Labute approximate surface area is 240 Å². The van der Waals surface area contributed by atoms with E-state index in [0.717, 1.165) is 10.4 Å². The van der Waals surface area contributed by atoms with Crippen LogP contribution in [0.2, 0.25) is 26.4 Å². The quantitative estimate of drug-likeness (QED) is 0.122. The van der Waals surface area contributed by atoms with Crippen molar-refractivity contribution in [3.05, 3.63) is 47.8 Å². The van der Waals surface area contributed by atoms with E-state index in [1.54, 1.807) is 9.09 Å². The van der Waals surface area contributed by atoms with Gasteiger partial charge in [-0.15, -0.1) is 0 Å². The number of ketones is 1. The van der Waals surface area contributed by atoms with Gasteiger partial charge in [-0.2, -0.15) is 0 Å². The van der Waals surface area contributed by atoms with Crippen molar-refractivity contribution in [1.82, 2.24) is 14.4 Å². The third-order valence-corrected chi connectivity index (χ3v) is 27.6. The molecule has 8 heteroatoms. The summed E-state index contributed by atoms with van der Waals surface area (Å²) in [7, 11) is -1.28. The van der Waals surface area contributed by atoms with Gasteiger partial charge in [0.15, 0.2) is 0 Å². The summed E-state index contributed by atoms with van der Waals surface area (Å²) in [4.78, 5) is 23.9. The fraction of sp³-hybridized carbons (Fsp3) is 0.633. The summed E-state index contributed by atoms with van der Waals surface area (Å²) in [5, 5.41) is 0. The van der Waals surface area contributed by atoms with Crippen molar-refractivity contribution in [2.45, 2.75) is 113 Å². The van der Waals surface area contributed by atoms with E-state index in [1.165, 1.54) is 51.8 Å². The van der Waals surface area contributed by atoms with E-state index in [1.807, 2.05) is 29.9 Å². The average molecular weight is 663 g/mol. The summed E-state index contributed by atoms with van der Waals surface area (Å²) >= 11 is -0.715. The fourth-order valence-corrected chi connectivity index (χ4v) is 26.5. The van der Waals surface area contributed by atoms with Crippen molar-refractivity contribution in [3.63, 3.8) is 0 Å². The molecule has 3 aromatic rings. The fourth-order valence-electron chi connectivity index (χ4n) is 5.41. The molecule has 1 atom stereocenters. The average Bonchev–Trinajstić information content (AvgIpc) is 3.48. The van der Waals surface area contributed by atoms with Crippen molar-refractivity contribution < 1.29 is 9.22 Å². The minimum atomic E-state index is -2.58. The molecule has 0 amide bonds. The molecule has 0 fully saturated rings. The Morgan fingerprint density at radius 1 is 1.05 bits per heavy atom. The van der Waals surface area contributed by atoms with E-state index in [9.17, 15) is 4.79 Å². The van der Waals surface area contributed by atoms with Crippen molar-refractivity contribution in [2.24, 2.45) is 5.41 Å². The maximum atomic E-state index is 13.8. The predicted octanol–water partition coefficient (Wildman–Crippen LogP) is 8.17. The zero-order valence-electron chi connectivity index (χ0n) is 25.0. The van der Waals surface area contributed by atoms with Crippen LogP contribution in [0.15, 0.2) is 31.0 Å². The van der Waals surface area contributed by atoms with Crippen molar-refractivity contribution in [3.8, 4) is 0 Å². The zero-order valence-corrected chi connectivity index (χ0v) is 29.8. The van der Waals surface area contributed by atoms with Crippen molar-refractivity contribution in [1.29, 1.82) is 0 Å². The molecule has 0 bridgehead atoms. The predicted molar refractivity (Wildman–Crippen MR) is 167 cm³/mol. The summed E-state index contributed by atoms with van der Waals surface area (Å²) in [5.41, 5.74) is 2.05. The summed E-state index contributed by atoms with van der Waals surface area (Å²) in [6.07, 6.45) is 15.4. The van der Waals surface area contributed by atoms with E-state index < -0.39 is 27.4 Å². The van der Waals surface area contributed by atoms with Gasteiger partial charge in [-0.3, -0.25) is 0 Å². The first-order valence-electron chi connectivity index (χ1n) is 14.7. The van der Waals surface area contributed by atoms with Gasteiger partial charge in [-0.1, -0.05) is 0 Å². The van der Waals surface area contributed by atoms with Crippen LogP contribution in [0.1, 0.15) is 108 Å². The number of thiazole rings is 1. The Balaban J connectivity index is 2.01. The van der Waals surface area contributed by atoms with Gasteiger partial charge < -0.3 is 0 Å². The van der Waals surface area contributed by atoms with Crippen molar-refractivity contribution in [2.75, 3.05) is 0 Å². The second-order valence-corrected chi connectivity index (χ2v) is 29.8. The number of imidazole rings is 1. The molecule has 38 heavy (non-hydrogen) atoms. The van der Waals surface area contributed by atoms with E-state index in [4.69, 9.17) is 4.43 Å². The van der Waals surface area contributed by atoms with E-state index in [0.29, 0.717) is 11.3 Å². The van der Waals surface area contributed by atoms with Crippen LogP contribution < -0.4 is 2.89 Å². The normalized spacial score (nSPS) is 13.5. The zero-order chi connectivity index (χ0) is 27.9. The van der Waals surface area contributed by atoms with Gasteiger partial charge >= 0.3 is 242 Å². The van der Waals surface area contributed by atoms with Crippen LogP contribution in [-0.4, -0.2) is 47.6 Å². The number of hydrogen-bond donors (Lipinski definition) is 0. The van der Waals surface area contributed by atoms with E-state index in [-0.39, 0.29) is 17.3 Å². The number of carbonyl (C=O) groups is 1. The van der Waals surface area contributed by atoms with Gasteiger partial charge in [-0.05, 0) is 0 Å². The van der Waals surface area contributed by atoms with Gasteiger partial charge in [0, 0.05) is 0 Å². The Kier molecular flexibility index (Phi) is 11.6. The van der Waals surface area contributed by atoms with Gasteiger partial charge in [0.25, 0.3) is 0 Å². The third-order valence-electron chi connectivity index (χ3n) is 7.49. The molecule has 0 spiro atoms. The molecule has 3 heterocycles. The molecule has 0 N–H and O–H groups in total. The van der Waals surface area contributed by atoms with Gasteiger partial charge in [0.05, 0.1) is 0 Å². The molecule has 0 aliphatic rings. The Morgan fingerprint density at radius 2 is 1.66 bits per heavy atom. The minimum absolute atomic E-state index is 0.0406. The second-order valence-electron chi connectivity index (χ2n) is 12.3. The SMILES string of the molecule is CCC[CH2][Sn]([CH2]CCC)([CH2]CCC)[c]1cn2cnc(C(=O)c3cncc(C(O[SiH](C)C)C(C)(C)C)c3)c2s1. The van der Waals surface area contributed by atoms with E-state index >= 15 is 0 Å². The molecule has 3 aromatic heterocycles. The molecule has 0 aliphatic carbocycles. The summed E-state index contributed by atoms with van der Waals surface area (Å²) in [5.74, 6) is -0.0406. The monoisotopic (exact) mass is 663 g/mol. The summed E-state index contributed by atoms with van der Waals surface area (Å²) in [6, 6.07) is 1.98. The third kappa shape index (κ3) is 7.58. The van der Waals surface area contributed by atoms with Crippen molar-refractivity contribution >= 4 is 52.3 Å². The second kappa shape index (κ2) is 14.0.